The number of hydrogen-bond donors (Lipinski definition) is 2. The van der Waals surface area contributed by atoms with Crippen LogP contribution in [0.3, 0.4) is 0 Å². The number of rotatable bonds is 8. The number of carbonyl (C=O) groups excluding carboxylic acids is 1. The molecule has 5 nitrogen and oxygen atoms in total. The van der Waals surface area contributed by atoms with Crippen LogP contribution >= 0.6 is 0 Å². The number of ether oxygens (including phenoxy) is 1. The first-order valence-corrected chi connectivity index (χ1v) is 8.14. The van der Waals surface area contributed by atoms with Crippen molar-refractivity contribution in [2.75, 3.05) is 20.7 Å². The highest BCUT2D eigenvalue weighted by Gasteiger charge is 2.02. The molecule has 0 bridgehead atoms. The number of nitrogens with one attached hydrogen (secondary N) is 2. The van der Waals surface area contributed by atoms with Crippen molar-refractivity contribution >= 4 is 11.9 Å². The van der Waals surface area contributed by atoms with E-state index in [4.69, 9.17) is 0 Å². The van der Waals surface area contributed by atoms with Crippen LogP contribution in [0.4, 0.5) is 0 Å². The van der Waals surface area contributed by atoms with Crippen molar-refractivity contribution in [2.45, 2.75) is 46.1 Å². The number of methoxy groups -OCH3 is 1. The van der Waals surface area contributed by atoms with E-state index in [0.29, 0.717) is 6.42 Å². The number of carbonyl (C=O) groups is 1. The third-order valence-corrected chi connectivity index (χ3v) is 3.75. The Balaban J connectivity index is 2.23. The fourth-order valence-electron chi connectivity index (χ4n) is 2.32. The molecule has 23 heavy (non-hydrogen) atoms. The van der Waals surface area contributed by atoms with Crippen molar-refractivity contribution in [3.63, 3.8) is 0 Å². The van der Waals surface area contributed by atoms with Crippen molar-refractivity contribution < 1.29 is 9.53 Å². The summed E-state index contributed by atoms with van der Waals surface area (Å²) in [6.45, 7) is 5.83. The van der Waals surface area contributed by atoms with E-state index in [1.807, 2.05) is 0 Å². The lowest BCUT2D eigenvalue weighted by atomic mass is 10.1. The van der Waals surface area contributed by atoms with Crippen LogP contribution in [0.5, 0.6) is 0 Å². The van der Waals surface area contributed by atoms with Gasteiger partial charge in [-0.05, 0) is 37.8 Å². The summed E-state index contributed by atoms with van der Waals surface area (Å²) in [5.74, 6) is 0.668. The van der Waals surface area contributed by atoms with Crippen LogP contribution in [0.2, 0.25) is 0 Å². The molecule has 1 aromatic rings. The number of aryl methyl sites for hydroxylation is 2. The van der Waals surface area contributed by atoms with E-state index in [1.54, 1.807) is 7.05 Å². The van der Waals surface area contributed by atoms with Gasteiger partial charge in [0, 0.05) is 26.6 Å². The second kappa shape index (κ2) is 10.6. The molecule has 1 aromatic carbocycles. The Morgan fingerprint density at radius 2 is 1.96 bits per heavy atom. The van der Waals surface area contributed by atoms with E-state index in [2.05, 4.69) is 52.4 Å². The molecule has 2 N–H and O–H groups in total. The highest BCUT2D eigenvalue weighted by molar-refractivity contribution is 5.79. The molecule has 0 spiro atoms. The maximum atomic E-state index is 11.0. The van der Waals surface area contributed by atoms with E-state index in [-0.39, 0.29) is 5.97 Å². The van der Waals surface area contributed by atoms with Gasteiger partial charge < -0.3 is 15.4 Å². The van der Waals surface area contributed by atoms with Gasteiger partial charge in [-0.2, -0.15) is 0 Å². The van der Waals surface area contributed by atoms with Crippen molar-refractivity contribution in [3.8, 4) is 0 Å². The van der Waals surface area contributed by atoms with Crippen molar-refractivity contribution in [2.24, 2.45) is 4.99 Å². The van der Waals surface area contributed by atoms with Gasteiger partial charge in [0.25, 0.3) is 0 Å². The van der Waals surface area contributed by atoms with E-state index >= 15 is 0 Å². The number of nitrogens with zero attached hydrogens (tertiary/aromatic N) is 1. The molecule has 0 saturated heterocycles. The third kappa shape index (κ3) is 7.68. The minimum absolute atomic E-state index is 0.135. The second-order valence-electron chi connectivity index (χ2n) is 5.67. The van der Waals surface area contributed by atoms with Crippen molar-refractivity contribution in [3.05, 3.63) is 34.9 Å². The fraction of sp³-hybridized carbons (Fsp3) is 0.556. The lowest BCUT2D eigenvalue weighted by Gasteiger charge is -2.13. The Labute approximate surface area is 139 Å². The van der Waals surface area contributed by atoms with Crippen LogP contribution < -0.4 is 10.6 Å². The van der Waals surface area contributed by atoms with Gasteiger partial charge in [0.1, 0.15) is 0 Å². The van der Waals surface area contributed by atoms with Gasteiger partial charge in [0.05, 0.1) is 7.11 Å². The smallest absolute Gasteiger partial charge is 0.305 e. The molecule has 0 heterocycles. The number of hydrogen-bond acceptors (Lipinski definition) is 3. The standard InChI is InChI=1S/C18H29N3O2/c1-14-9-10-16(15(2)12-14)13-21-18(19-3)20-11-7-5-6-8-17(22)23-4/h9-10,12H,5-8,11,13H2,1-4H3,(H2,19,20,21). The van der Waals surface area contributed by atoms with Crippen LogP contribution in [0.15, 0.2) is 23.2 Å². The molecule has 1 rings (SSSR count). The zero-order valence-electron chi connectivity index (χ0n) is 14.7. The summed E-state index contributed by atoms with van der Waals surface area (Å²) >= 11 is 0. The van der Waals surface area contributed by atoms with Crippen molar-refractivity contribution in [1.82, 2.24) is 10.6 Å². The molecule has 0 saturated carbocycles. The largest absolute Gasteiger partial charge is 0.469 e. The molecule has 0 aliphatic rings. The second-order valence-corrected chi connectivity index (χ2v) is 5.67. The van der Waals surface area contributed by atoms with Gasteiger partial charge in [-0.15, -0.1) is 0 Å². The number of aliphatic imine (C=N–C) groups is 1. The Bertz CT molecular complexity index is 527. The lowest BCUT2D eigenvalue weighted by molar-refractivity contribution is -0.140. The van der Waals surface area contributed by atoms with E-state index in [9.17, 15) is 4.79 Å². The number of esters is 1. The molecule has 0 unspecified atom stereocenters. The summed E-state index contributed by atoms with van der Waals surface area (Å²) in [6, 6.07) is 6.47. The van der Waals surface area contributed by atoms with Crippen LogP contribution in [-0.2, 0) is 16.1 Å². The van der Waals surface area contributed by atoms with Gasteiger partial charge in [0.15, 0.2) is 5.96 Å². The van der Waals surface area contributed by atoms with E-state index in [0.717, 1.165) is 38.3 Å². The molecule has 5 heteroatoms. The molecule has 0 amide bonds. The summed E-state index contributed by atoms with van der Waals surface area (Å²) in [7, 11) is 3.20. The molecule has 0 atom stereocenters. The van der Waals surface area contributed by atoms with Crippen LogP contribution in [0.1, 0.15) is 42.4 Å². The Morgan fingerprint density at radius 1 is 1.17 bits per heavy atom. The topological polar surface area (TPSA) is 62.7 Å². The molecule has 0 aromatic heterocycles. The first kappa shape index (κ1) is 19.0. The maximum Gasteiger partial charge on any atom is 0.305 e. The number of unbranched alkanes of at least 4 members (excludes halogenated alkanes) is 2. The Kier molecular flexibility index (Phi) is 8.80. The van der Waals surface area contributed by atoms with E-state index in [1.165, 1.54) is 23.8 Å². The first-order chi connectivity index (χ1) is 11.1. The minimum Gasteiger partial charge on any atom is -0.469 e. The molecule has 0 aliphatic heterocycles. The maximum absolute atomic E-state index is 11.0. The minimum atomic E-state index is -0.135. The number of benzene rings is 1. The zero-order valence-corrected chi connectivity index (χ0v) is 14.7. The van der Waals surface area contributed by atoms with Gasteiger partial charge in [-0.3, -0.25) is 9.79 Å². The molecular formula is C18H29N3O2. The van der Waals surface area contributed by atoms with Gasteiger partial charge >= 0.3 is 5.97 Å². The highest BCUT2D eigenvalue weighted by Crippen LogP contribution is 2.09. The predicted octanol–water partition coefficient (Wildman–Crippen LogP) is 2.70. The number of guanidine groups is 1. The molecule has 128 valence electrons. The Hall–Kier alpha value is -2.04. The van der Waals surface area contributed by atoms with Gasteiger partial charge in [0.2, 0.25) is 0 Å². The lowest BCUT2D eigenvalue weighted by Crippen LogP contribution is -2.37. The normalized spacial score (nSPS) is 11.2. The van der Waals surface area contributed by atoms with E-state index < -0.39 is 0 Å². The molecule has 0 aliphatic carbocycles. The summed E-state index contributed by atoms with van der Waals surface area (Å²) < 4.78 is 4.62. The Morgan fingerprint density at radius 3 is 2.61 bits per heavy atom. The third-order valence-electron chi connectivity index (χ3n) is 3.75. The first-order valence-electron chi connectivity index (χ1n) is 8.14. The summed E-state index contributed by atoms with van der Waals surface area (Å²) in [6.07, 6.45) is 3.36. The average molecular weight is 319 g/mol. The van der Waals surface area contributed by atoms with Gasteiger partial charge in [-0.1, -0.05) is 30.2 Å². The van der Waals surface area contributed by atoms with Crippen LogP contribution in [0.25, 0.3) is 0 Å². The summed E-state index contributed by atoms with van der Waals surface area (Å²) in [4.78, 5) is 15.2. The quantitative estimate of drug-likeness (QED) is 0.335. The summed E-state index contributed by atoms with van der Waals surface area (Å²) in [5, 5.41) is 6.62. The van der Waals surface area contributed by atoms with Crippen LogP contribution in [-0.4, -0.2) is 32.6 Å². The zero-order chi connectivity index (χ0) is 17.1. The van der Waals surface area contributed by atoms with Crippen LogP contribution in [0, 0.1) is 13.8 Å². The monoisotopic (exact) mass is 319 g/mol. The van der Waals surface area contributed by atoms with Gasteiger partial charge in [-0.25, -0.2) is 0 Å². The highest BCUT2D eigenvalue weighted by atomic mass is 16.5. The molecular weight excluding hydrogens is 290 g/mol. The predicted molar refractivity (Wildman–Crippen MR) is 94.6 cm³/mol. The fourth-order valence-corrected chi connectivity index (χ4v) is 2.32. The SMILES string of the molecule is CN=C(NCCCCCC(=O)OC)NCc1ccc(C)cc1C. The molecule has 0 fully saturated rings. The molecule has 0 radical (unpaired) electrons. The van der Waals surface area contributed by atoms with Crippen molar-refractivity contribution in [1.29, 1.82) is 0 Å². The summed E-state index contributed by atoms with van der Waals surface area (Å²) in [5.41, 5.74) is 3.84. The average Bonchev–Trinajstić information content (AvgIpc) is 2.54.